The van der Waals surface area contributed by atoms with Gasteiger partial charge in [-0.2, -0.15) is 0 Å². The highest BCUT2D eigenvalue weighted by Gasteiger charge is 2.15. The summed E-state index contributed by atoms with van der Waals surface area (Å²) in [6.45, 7) is 7.57. The van der Waals surface area contributed by atoms with Gasteiger partial charge in [-0.05, 0) is 49.8 Å². The minimum Gasteiger partial charge on any atom is -0.481 e. The molecule has 0 saturated heterocycles. The molecular weight excluding hydrogens is 310 g/mol. The molecule has 5 nitrogen and oxygen atoms in total. The Kier molecular flexibility index (Phi) is 6.98. The number of halogens is 1. The molecule has 1 rings (SSSR count). The molecule has 0 bridgehead atoms. The minimum absolute atomic E-state index is 0.304. The molecule has 1 amide bonds. The minimum atomic E-state index is -0.681. The number of nitrogens with one attached hydrogen (secondary N) is 3. The molecule has 0 aliphatic rings. The first-order valence-corrected chi connectivity index (χ1v) is 7.10. The highest BCUT2D eigenvalue weighted by molar-refractivity contribution is 7.80. The standard InChI is InChI=1S/C14H18ClN3O2S/c1-4-7-16-14(21)18-17-13(19)10(3)20-12-6-5-11(15)8-9(12)2/h4-6,8,10H,1,7H2,2-3H3,(H,17,19)(H2,16,18,21)/t10-/m0/s1. The summed E-state index contributed by atoms with van der Waals surface area (Å²) in [6, 6.07) is 5.21. The molecule has 0 aliphatic carbocycles. The van der Waals surface area contributed by atoms with Crippen LogP contribution >= 0.6 is 23.8 Å². The molecule has 0 unspecified atom stereocenters. The number of hydrogen-bond donors (Lipinski definition) is 3. The van der Waals surface area contributed by atoms with Gasteiger partial charge in [0.1, 0.15) is 5.75 Å². The second kappa shape index (κ2) is 8.49. The van der Waals surface area contributed by atoms with Crippen LogP contribution in [0.15, 0.2) is 30.9 Å². The third kappa shape index (κ3) is 6.01. The molecule has 0 heterocycles. The molecule has 0 aliphatic heterocycles. The first-order valence-electron chi connectivity index (χ1n) is 6.31. The quantitative estimate of drug-likeness (QED) is 0.439. The van der Waals surface area contributed by atoms with Crippen molar-refractivity contribution in [3.63, 3.8) is 0 Å². The van der Waals surface area contributed by atoms with Gasteiger partial charge >= 0.3 is 0 Å². The zero-order valence-corrected chi connectivity index (χ0v) is 13.5. The predicted octanol–water partition coefficient (Wildman–Crippen LogP) is 2.10. The Labute approximate surface area is 134 Å². The number of ether oxygens (including phenoxy) is 1. The maximum absolute atomic E-state index is 11.9. The fourth-order valence-corrected chi connectivity index (χ4v) is 1.78. The van der Waals surface area contributed by atoms with Crippen LogP contribution in [0.4, 0.5) is 0 Å². The molecule has 1 atom stereocenters. The van der Waals surface area contributed by atoms with Crippen molar-refractivity contribution >= 4 is 34.8 Å². The normalized spacial score (nSPS) is 11.2. The maximum atomic E-state index is 11.9. The number of carbonyl (C=O) groups excluding carboxylic acids is 1. The topological polar surface area (TPSA) is 62.4 Å². The van der Waals surface area contributed by atoms with Crippen molar-refractivity contribution in [2.45, 2.75) is 20.0 Å². The van der Waals surface area contributed by atoms with E-state index in [1.807, 2.05) is 6.92 Å². The lowest BCUT2D eigenvalue weighted by atomic mass is 10.2. The van der Waals surface area contributed by atoms with Gasteiger partial charge in [0.25, 0.3) is 5.91 Å². The Morgan fingerprint density at radius 3 is 2.86 bits per heavy atom. The molecule has 0 spiro atoms. The van der Waals surface area contributed by atoms with E-state index in [1.54, 1.807) is 31.2 Å². The monoisotopic (exact) mass is 327 g/mol. The van der Waals surface area contributed by atoms with Crippen LogP contribution in [-0.2, 0) is 4.79 Å². The fourth-order valence-electron chi connectivity index (χ4n) is 1.42. The maximum Gasteiger partial charge on any atom is 0.279 e. The highest BCUT2D eigenvalue weighted by Crippen LogP contribution is 2.22. The van der Waals surface area contributed by atoms with Crippen molar-refractivity contribution in [1.29, 1.82) is 0 Å². The third-order valence-corrected chi connectivity index (χ3v) is 3.00. The number of aryl methyl sites for hydroxylation is 1. The van der Waals surface area contributed by atoms with E-state index in [0.717, 1.165) is 5.56 Å². The van der Waals surface area contributed by atoms with Crippen LogP contribution in [0.5, 0.6) is 5.75 Å². The average molecular weight is 328 g/mol. The Morgan fingerprint density at radius 2 is 2.24 bits per heavy atom. The SMILES string of the molecule is C=CCNC(=S)NNC(=O)[C@H](C)Oc1ccc(Cl)cc1C. The summed E-state index contributed by atoms with van der Waals surface area (Å²) in [5, 5.41) is 3.75. The van der Waals surface area contributed by atoms with Gasteiger partial charge in [-0.15, -0.1) is 6.58 Å². The van der Waals surface area contributed by atoms with Crippen molar-refractivity contribution in [3.8, 4) is 5.75 Å². The smallest absolute Gasteiger partial charge is 0.279 e. The van der Waals surface area contributed by atoms with Crippen molar-refractivity contribution in [2.24, 2.45) is 0 Å². The van der Waals surface area contributed by atoms with Crippen molar-refractivity contribution in [3.05, 3.63) is 41.4 Å². The van der Waals surface area contributed by atoms with Gasteiger partial charge < -0.3 is 10.1 Å². The molecule has 1 aromatic rings. The van der Waals surface area contributed by atoms with Crippen LogP contribution in [0, 0.1) is 6.92 Å². The number of benzene rings is 1. The highest BCUT2D eigenvalue weighted by atomic mass is 35.5. The summed E-state index contributed by atoms with van der Waals surface area (Å²) in [6.07, 6.45) is 0.977. The van der Waals surface area contributed by atoms with E-state index < -0.39 is 6.10 Å². The number of rotatable bonds is 5. The number of hydrogen-bond acceptors (Lipinski definition) is 3. The van der Waals surface area contributed by atoms with Crippen molar-refractivity contribution in [2.75, 3.05) is 6.54 Å². The summed E-state index contributed by atoms with van der Waals surface area (Å²) in [4.78, 5) is 11.9. The van der Waals surface area contributed by atoms with E-state index in [-0.39, 0.29) is 5.91 Å². The molecule has 0 saturated carbocycles. The Balaban J connectivity index is 2.47. The second-order valence-corrected chi connectivity index (χ2v) is 5.13. The first-order chi connectivity index (χ1) is 9.93. The Bertz CT molecular complexity index is 537. The van der Waals surface area contributed by atoms with E-state index in [9.17, 15) is 4.79 Å². The van der Waals surface area contributed by atoms with Crippen molar-refractivity contribution < 1.29 is 9.53 Å². The average Bonchev–Trinajstić information content (AvgIpc) is 2.45. The van der Waals surface area contributed by atoms with Crippen LogP contribution in [-0.4, -0.2) is 23.7 Å². The van der Waals surface area contributed by atoms with Gasteiger partial charge in [-0.25, -0.2) is 0 Å². The summed E-state index contributed by atoms with van der Waals surface area (Å²) in [5.74, 6) is 0.265. The molecular formula is C14H18ClN3O2S. The van der Waals surface area contributed by atoms with E-state index in [4.69, 9.17) is 28.6 Å². The molecule has 1 aromatic carbocycles. The van der Waals surface area contributed by atoms with E-state index in [0.29, 0.717) is 22.4 Å². The molecule has 0 aromatic heterocycles. The predicted molar refractivity (Wildman–Crippen MR) is 88.4 cm³/mol. The lowest BCUT2D eigenvalue weighted by molar-refractivity contribution is -0.127. The van der Waals surface area contributed by atoms with Crippen LogP contribution in [0.2, 0.25) is 5.02 Å². The lowest BCUT2D eigenvalue weighted by Gasteiger charge is -2.17. The van der Waals surface area contributed by atoms with Gasteiger partial charge in [0.05, 0.1) is 0 Å². The van der Waals surface area contributed by atoms with E-state index in [2.05, 4.69) is 22.7 Å². The summed E-state index contributed by atoms with van der Waals surface area (Å²) >= 11 is 10.8. The molecule has 0 fully saturated rings. The van der Waals surface area contributed by atoms with E-state index in [1.165, 1.54) is 0 Å². The van der Waals surface area contributed by atoms with Gasteiger partial charge in [-0.3, -0.25) is 15.6 Å². The molecule has 21 heavy (non-hydrogen) atoms. The number of amides is 1. The van der Waals surface area contributed by atoms with Crippen LogP contribution < -0.4 is 20.9 Å². The molecule has 114 valence electrons. The Hall–Kier alpha value is -1.79. The van der Waals surface area contributed by atoms with Gasteiger partial charge in [0, 0.05) is 11.6 Å². The second-order valence-electron chi connectivity index (χ2n) is 4.28. The van der Waals surface area contributed by atoms with Gasteiger partial charge in [0.15, 0.2) is 11.2 Å². The molecule has 0 radical (unpaired) electrons. The molecule has 3 N–H and O–H groups in total. The number of hydrazine groups is 1. The lowest BCUT2D eigenvalue weighted by Crippen LogP contribution is -2.50. The van der Waals surface area contributed by atoms with Gasteiger partial charge in [-0.1, -0.05) is 17.7 Å². The van der Waals surface area contributed by atoms with Crippen molar-refractivity contribution in [1.82, 2.24) is 16.2 Å². The zero-order chi connectivity index (χ0) is 15.8. The third-order valence-electron chi connectivity index (χ3n) is 2.52. The van der Waals surface area contributed by atoms with Crippen LogP contribution in [0.25, 0.3) is 0 Å². The molecule has 7 heteroatoms. The van der Waals surface area contributed by atoms with E-state index >= 15 is 0 Å². The zero-order valence-electron chi connectivity index (χ0n) is 11.9. The Morgan fingerprint density at radius 1 is 1.52 bits per heavy atom. The summed E-state index contributed by atoms with van der Waals surface area (Å²) in [7, 11) is 0. The van der Waals surface area contributed by atoms with Gasteiger partial charge in [0.2, 0.25) is 0 Å². The van der Waals surface area contributed by atoms with Crippen LogP contribution in [0.1, 0.15) is 12.5 Å². The summed E-state index contributed by atoms with van der Waals surface area (Å²) in [5.41, 5.74) is 5.90. The number of carbonyl (C=O) groups is 1. The number of thiocarbonyl (C=S) groups is 1. The summed E-state index contributed by atoms with van der Waals surface area (Å²) < 4.78 is 5.58. The largest absolute Gasteiger partial charge is 0.481 e. The van der Waals surface area contributed by atoms with Crippen LogP contribution in [0.3, 0.4) is 0 Å². The fraction of sp³-hybridized carbons (Fsp3) is 0.286. The first kappa shape index (κ1) is 17.3.